The molecule has 0 spiro atoms. The van der Waals surface area contributed by atoms with E-state index < -0.39 is 12.4 Å². The molecule has 0 aromatic heterocycles. The van der Waals surface area contributed by atoms with Crippen molar-refractivity contribution in [1.82, 2.24) is 10.2 Å². The highest BCUT2D eigenvalue weighted by Gasteiger charge is 2.40. The molecule has 5 nitrogen and oxygen atoms in total. The number of likely N-dealkylation sites (tertiary alicyclic amines) is 1. The molecule has 1 aliphatic heterocycles. The van der Waals surface area contributed by atoms with Crippen LogP contribution in [0.1, 0.15) is 61.5 Å². The zero-order valence-electron chi connectivity index (χ0n) is 24.1. The van der Waals surface area contributed by atoms with Gasteiger partial charge in [-0.25, -0.2) is 0 Å². The Morgan fingerprint density at radius 2 is 1.63 bits per heavy atom. The van der Waals surface area contributed by atoms with Gasteiger partial charge in [-0.3, -0.25) is 9.59 Å². The van der Waals surface area contributed by atoms with Gasteiger partial charge in [0.25, 0.3) is 5.91 Å². The minimum absolute atomic E-state index is 0.0970. The monoisotopic (exact) mass is 566 g/mol. The Bertz CT molecular complexity index is 1370. The second kappa shape index (κ2) is 12.0. The molecular weight excluding hydrogens is 529 g/mol. The zero-order valence-corrected chi connectivity index (χ0v) is 24.1. The van der Waals surface area contributed by atoms with E-state index >= 15 is 0 Å². The van der Waals surface area contributed by atoms with Gasteiger partial charge >= 0.3 is 6.36 Å². The van der Waals surface area contributed by atoms with Crippen molar-refractivity contribution in [3.63, 3.8) is 0 Å². The van der Waals surface area contributed by atoms with Crippen LogP contribution in [0.15, 0.2) is 72.8 Å². The number of hydrogen-bond donors (Lipinski definition) is 1. The molecule has 0 unspecified atom stereocenters. The van der Waals surface area contributed by atoms with Crippen LogP contribution in [0.25, 0.3) is 11.1 Å². The summed E-state index contributed by atoms with van der Waals surface area (Å²) in [5, 5.41) is 2.94. The molecule has 0 bridgehead atoms. The van der Waals surface area contributed by atoms with E-state index in [1.54, 1.807) is 24.3 Å². The van der Waals surface area contributed by atoms with Crippen LogP contribution >= 0.6 is 0 Å². The van der Waals surface area contributed by atoms with E-state index in [9.17, 15) is 22.8 Å². The molecule has 1 fully saturated rings. The van der Waals surface area contributed by atoms with Gasteiger partial charge in [-0.2, -0.15) is 0 Å². The number of amides is 2. The quantitative estimate of drug-likeness (QED) is 0.325. The fourth-order valence-electron chi connectivity index (χ4n) is 5.59. The van der Waals surface area contributed by atoms with E-state index in [4.69, 9.17) is 0 Å². The van der Waals surface area contributed by atoms with E-state index in [1.807, 2.05) is 18.7 Å². The molecule has 218 valence electrons. The molecule has 0 aliphatic carbocycles. The van der Waals surface area contributed by atoms with Crippen molar-refractivity contribution in [2.24, 2.45) is 11.3 Å². The number of piperidine rings is 1. The number of alkyl halides is 3. The van der Waals surface area contributed by atoms with Crippen molar-refractivity contribution in [2.45, 2.75) is 59.4 Å². The zero-order chi connectivity index (χ0) is 29.9. The molecule has 1 heterocycles. The number of hydrogen-bond acceptors (Lipinski definition) is 3. The maximum Gasteiger partial charge on any atom is 0.573 e. The average Bonchev–Trinajstić information content (AvgIpc) is 2.91. The molecule has 41 heavy (non-hydrogen) atoms. The first kappa shape index (κ1) is 30.2. The lowest BCUT2D eigenvalue weighted by Gasteiger charge is -2.45. The maximum atomic E-state index is 13.7. The summed E-state index contributed by atoms with van der Waals surface area (Å²) in [6, 6.07) is 20.1. The van der Waals surface area contributed by atoms with E-state index in [2.05, 4.69) is 55.1 Å². The fourth-order valence-corrected chi connectivity index (χ4v) is 5.59. The molecule has 3 aromatic carbocycles. The van der Waals surface area contributed by atoms with Gasteiger partial charge < -0.3 is 15.0 Å². The van der Waals surface area contributed by atoms with Crippen molar-refractivity contribution in [3.05, 3.63) is 89.5 Å². The summed E-state index contributed by atoms with van der Waals surface area (Å²) < 4.78 is 41.4. The fraction of sp³-hybridized carbons (Fsp3) is 0.394. The molecular formula is C33H37F3N2O3. The normalized spacial score (nSPS) is 17.7. The molecule has 3 aromatic rings. The molecule has 0 saturated carbocycles. The number of benzene rings is 3. The van der Waals surface area contributed by atoms with Gasteiger partial charge in [0.15, 0.2) is 0 Å². The summed E-state index contributed by atoms with van der Waals surface area (Å²) in [5.41, 5.74) is 4.00. The lowest BCUT2D eigenvalue weighted by molar-refractivity contribution is -0.274. The molecule has 4 rings (SSSR count). The number of ether oxygens (including phenoxy) is 1. The topological polar surface area (TPSA) is 58.6 Å². The second-order valence-corrected chi connectivity index (χ2v) is 11.8. The van der Waals surface area contributed by atoms with Crippen molar-refractivity contribution < 1.29 is 27.5 Å². The van der Waals surface area contributed by atoms with Gasteiger partial charge in [-0.05, 0) is 71.6 Å². The Morgan fingerprint density at radius 3 is 2.22 bits per heavy atom. The molecule has 1 saturated heterocycles. The number of aryl methyl sites for hydroxylation is 1. The number of nitrogens with zero attached hydrogens (tertiary/aromatic N) is 1. The highest BCUT2D eigenvalue weighted by atomic mass is 19.4. The summed E-state index contributed by atoms with van der Waals surface area (Å²) in [7, 11) is 0. The Hall–Kier alpha value is -3.81. The van der Waals surface area contributed by atoms with Gasteiger partial charge in [0, 0.05) is 18.7 Å². The minimum atomic E-state index is -4.77. The van der Waals surface area contributed by atoms with Gasteiger partial charge in [0.05, 0.1) is 0 Å². The van der Waals surface area contributed by atoms with Crippen LogP contribution in [-0.2, 0) is 4.79 Å². The summed E-state index contributed by atoms with van der Waals surface area (Å²) in [4.78, 5) is 28.9. The third kappa shape index (κ3) is 7.48. The van der Waals surface area contributed by atoms with Crippen LogP contribution in [0, 0.1) is 18.3 Å². The third-order valence-electron chi connectivity index (χ3n) is 7.79. The lowest BCUT2D eigenvalue weighted by atomic mass is 9.70. The summed E-state index contributed by atoms with van der Waals surface area (Å²) in [6.07, 6.45) is -3.92. The van der Waals surface area contributed by atoms with Gasteiger partial charge in [0.2, 0.25) is 5.91 Å². The Morgan fingerprint density at radius 1 is 0.976 bits per heavy atom. The van der Waals surface area contributed by atoms with Gasteiger partial charge in [0.1, 0.15) is 11.8 Å². The number of nitrogens with one attached hydrogen (secondary N) is 1. The largest absolute Gasteiger partial charge is 0.573 e. The predicted octanol–water partition coefficient (Wildman–Crippen LogP) is 7.36. The van der Waals surface area contributed by atoms with E-state index in [0.29, 0.717) is 35.7 Å². The first-order valence-corrected chi connectivity index (χ1v) is 13.9. The number of rotatable bonds is 7. The SMILES string of the molecule is Cc1ccc([C@H]2CCN(C(=O)[C@H](NC(=O)c3cccc(-c4ccc(OC(F)(F)F)cc4)c3)C(C)C)CC2(C)C)cc1. The van der Waals surface area contributed by atoms with Crippen LogP contribution in [0.5, 0.6) is 5.75 Å². The smallest absolute Gasteiger partial charge is 0.406 e. The van der Waals surface area contributed by atoms with Crippen LogP contribution in [0.3, 0.4) is 0 Å². The Kier molecular flexibility index (Phi) is 8.80. The highest BCUT2D eigenvalue weighted by molar-refractivity contribution is 5.98. The van der Waals surface area contributed by atoms with Crippen LogP contribution < -0.4 is 10.1 Å². The van der Waals surface area contributed by atoms with Crippen molar-refractivity contribution in [1.29, 1.82) is 0 Å². The van der Waals surface area contributed by atoms with Crippen molar-refractivity contribution >= 4 is 11.8 Å². The van der Waals surface area contributed by atoms with Crippen LogP contribution in [0.4, 0.5) is 13.2 Å². The minimum Gasteiger partial charge on any atom is -0.406 e. The summed E-state index contributed by atoms with van der Waals surface area (Å²) >= 11 is 0. The number of halogens is 3. The standard InChI is InChI=1S/C33H37F3N2O3/c1-21(2)29(31(40)38-18-17-28(32(4,5)20-38)24-11-9-22(3)10-12-24)37-30(39)26-8-6-7-25(19-26)23-13-15-27(16-14-23)41-33(34,35)36/h6-16,19,21,28-29H,17-18,20H2,1-5H3,(H,37,39)/t28-,29-/m1/s1. The van der Waals surface area contributed by atoms with E-state index in [0.717, 1.165) is 6.42 Å². The first-order valence-electron chi connectivity index (χ1n) is 13.9. The Balaban J connectivity index is 1.45. The number of carbonyl (C=O) groups excluding carboxylic acids is 2. The van der Waals surface area contributed by atoms with Crippen LogP contribution in [0.2, 0.25) is 0 Å². The van der Waals surface area contributed by atoms with Crippen LogP contribution in [-0.4, -0.2) is 42.2 Å². The third-order valence-corrected chi connectivity index (χ3v) is 7.79. The molecule has 1 aliphatic rings. The number of carbonyl (C=O) groups is 2. The summed E-state index contributed by atoms with van der Waals surface area (Å²) in [5.74, 6) is -0.603. The Labute approximate surface area is 239 Å². The van der Waals surface area contributed by atoms with Crippen molar-refractivity contribution in [3.8, 4) is 16.9 Å². The molecule has 0 radical (unpaired) electrons. The highest BCUT2D eigenvalue weighted by Crippen LogP contribution is 2.42. The van der Waals surface area contributed by atoms with E-state index in [1.165, 1.54) is 35.4 Å². The van der Waals surface area contributed by atoms with E-state index in [-0.39, 0.29) is 28.9 Å². The second-order valence-electron chi connectivity index (χ2n) is 11.8. The first-order chi connectivity index (χ1) is 19.2. The molecule has 1 N–H and O–H groups in total. The maximum absolute atomic E-state index is 13.7. The predicted molar refractivity (Wildman–Crippen MR) is 154 cm³/mol. The molecule has 2 atom stereocenters. The van der Waals surface area contributed by atoms with Gasteiger partial charge in [-0.15, -0.1) is 13.2 Å². The van der Waals surface area contributed by atoms with Gasteiger partial charge in [-0.1, -0.05) is 81.8 Å². The summed E-state index contributed by atoms with van der Waals surface area (Å²) in [6.45, 7) is 11.5. The molecule has 2 amide bonds. The lowest BCUT2D eigenvalue weighted by Crippen LogP contribution is -2.55. The van der Waals surface area contributed by atoms with Crippen molar-refractivity contribution in [2.75, 3.05) is 13.1 Å². The molecule has 8 heteroatoms. The average molecular weight is 567 g/mol.